The second-order valence-corrected chi connectivity index (χ2v) is 6.73. The maximum atomic E-state index is 12.1. The minimum atomic E-state index is -0.361. The number of halogens is 1. The molecular formula is C19H20ClN5O3. The molecule has 2 amide bonds. The molecule has 0 radical (unpaired) electrons. The van der Waals surface area contributed by atoms with Gasteiger partial charge in [0, 0.05) is 7.05 Å². The molecule has 2 atom stereocenters. The van der Waals surface area contributed by atoms with Crippen LogP contribution in [-0.4, -0.2) is 57.9 Å². The maximum absolute atomic E-state index is 12.1. The highest BCUT2D eigenvalue weighted by Crippen LogP contribution is 2.29. The average Bonchev–Trinajstić information content (AvgIpc) is 2.72. The summed E-state index contributed by atoms with van der Waals surface area (Å²) in [6.45, 7) is 6.25. The minimum Gasteiger partial charge on any atom is -0.370 e. The Balaban J connectivity index is 1.93. The van der Waals surface area contributed by atoms with E-state index in [0.717, 1.165) is 5.56 Å². The zero-order chi connectivity index (χ0) is 20.3. The van der Waals surface area contributed by atoms with Crippen LogP contribution in [0.15, 0.2) is 37.2 Å². The predicted molar refractivity (Wildman–Crippen MR) is 104 cm³/mol. The van der Waals surface area contributed by atoms with E-state index in [1.165, 1.54) is 19.5 Å². The Morgan fingerprint density at radius 1 is 1.32 bits per heavy atom. The molecule has 1 saturated heterocycles. The SMILES string of the molecule is C=CC(=O)N1C[C@H](c2cc(Cl)nc(-c3cc(C(=O)NC)ncn3)c2)OC[C@H]1C. The number of morpholine rings is 1. The van der Waals surface area contributed by atoms with Crippen LogP contribution in [-0.2, 0) is 9.53 Å². The average molecular weight is 402 g/mol. The Morgan fingerprint density at radius 3 is 2.82 bits per heavy atom. The summed E-state index contributed by atoms with van der Waals surface area (Å²) < 4.78 is 5.91. The number of hydrogen-bond donors (Lipinski definition) is 1. The number of rotatable bonds is 4. The van der Waals surface area contributed by atoms with E-state index >= 15 is 0 Å². The molecular weight excluding hydrogens is 382 g/mol. The number of nitrogens with one attached hydrogen (secondary N) is 1. The van der Waals surface area contributed by atoms with Gasteiger partial charge in [-0.3, -0.25) is 9.59 Å². The van der Waals surface area contributed by atoms with Gasteiger partial charge in [-0.2, -0.15) is 0 Å². The standard InChI is InChI=1S/C19H20ClN5O3/c1-4-18(26)25-8-16(28-9-11(25)2)12-5-14(24-17(20)6-12)13-7-15(19(27)21-3)23-10-22-13/h4-7,10-11,16H,1,8-9H2,2-3H3,(H,21,27)/t11-,16-/m1/s1. The predicted octanol–water partition coefficient (Wildman–Crippen LogP) is 2.03. The normalized spacial score (nSPS) is 19.2. The molecule has 1 aliphatic rings. The van der Waals surface area contributed by atoms with E-state index in [4.69, 9.17) is 16.3 Å². The van der Waals surface area contributed by atoms with Crippen LogP contribution in [0.1, 0.15) is 29.1 Å². The molecule has 2 aromatic heterocycles. The van der Waals surface area contributed by atoms with E-state index in [2.05, 4.69) is 26.8 Å². The summed E-state index contributed by atoms with van der Waals surface area (Å²) in [6, 6.07) is 4.98. The van der Waals surface area contributed by atoms with Crippen LogP contribution in [0.4, 0.5) is 0 Å². The van der Waals surface area contributed by atoms with Crippen LogP contribution in [0.2, 0.25) is 5.15 Å². The topological polar surface area (TPSA) is 97.3 Å². The minimum absolute atomic E-state index is 0.0458. The van der Waals surface area contributed by atoms with Crippen LogP contribution in [0.3, 0.4) is 0 Å². The van der Waals surface area contributed by atoms with E-state index in [1.807, 2.05) is 6.92 Å². The Kier molecular flexibility index (Phi) is 6.01. The smallest absolute Gasteiger partial charge is 0.269 e. The molecule has 1 fully saturated rings. The van der Waals surface area contributed by atoms with Gasteiger partial charge in [-0.1, -0.05) is 18.2 Å². The van der Waals surface area contributed by atoms with Gasteiger partial charge < -0.3 is 15.0 Å². The lowest BCUT2D eigenvalue weighted by Gasteiger charge is -2.37. The van der Waals surface area contributed by atoms with Gasteiger partial charge in [-0.05, 0) is 36.8 Å². The van der Waals surface area contributed by atoms with Gasteiger partial charge >= 0.3 is 0 Å². The fourth-order valence-corrected chi connectivity index (χ4v) is 3.18. The number of amides is 2. The first-order valence-corrected chi connectivity index (χ1v) is 9.07. The van der Waals surface area contributed by atoms with Crippen LogP contribution < -0.4 is 5.32 Å². The van der Waals surface area contributed by atoms with Gasteiger partial charge in [0.1, 0.15) is 23.3 Å². The molecule has 1 N–H and O–H groups in total. The lowest BCUT2D eigenvalue weighted by Crippen LogP contribution is -2.47. The van der Waals surface area contributed by atoms with Crippen LogP contribution >= 0.6 is 11.6 Å². The van der Waals surface area contributed by atoms with Crippen molar-refractivity contribution in [3.63, 3.8) is 0 Å². The number of hydrogen-bond acceptors (Lipinski definition) is 6. The van der Waals surface area contributed by atoms with E-state index < -0.39 is 0 Å². The molecule has 2 aromatic rings. The molecule has 0 bridgehead atoms. The molecule has 1 aliphatic heterocycles. The van der Waals surface area contributed by atoms with Crippen molar-refractivity contribution in [2.45, 2.75) is 19.1 Å². The third kappa shape index (κ3) is 4.18. The number of carbonyl (C=O) groups is 2. The van der Waals surface area contributed by atoms with Crippen LogP contribution in [0.5, 0.6) is 0 Å². The molecule has 0 aliphatic carbocycles. The molecule has 28 heavy (non-hydrogen) atoms. The summed E-state index contributed by atoms with van der Waals surface area (Å²) in [7, 11) is 1.53. The summed E-state index contributed by atoms with van der Waals surface area (Å²) in [4.78, 5) is 38.1. The first-order valence-electron chi connectivity index (χ1n) is 8.69. The maximum Gasteiger partial charge on any atom is 0.269 e. The van der Waals surface area contributed by atoms with Crippen molar-refractivity contribution in [3.8, 4) is 11.4 Å². The molecule has 8 nitrogen and oxygen atoms in total. The fraction of sp³-hybridized carbons (Fsp3) is 0.316. The first kappa shape index (κ1) is 19.9. The summed E-state index contributed by atoms with van der Waals surface area (Å²) >= 11 is 6.22. The summed E-state index contributed by atoms with van der Waals surface area (Å²) in [5.74, 6) is -0.471. The van der Waals surface area contributed by atoms with Gasteiger partial charge in [0.2, 0.25) is 5.91 Å². The molecule has 0 spiro atoms. The molecule has 3 heterocycles. The van der Waals surface area contributed by atoms with Crippen molar-refractivity contribution >= 4 is 23.4 Å². The van der Waals surface area contributed by atoms with Gasteiger partial charge in [-0.15, -0.1) is 0 Å². The first-order chi connectivity index (χ1) is 13.4. The van der Waals surface area contributed by atoms with E-state index in [9.17, 15) is 9.59 Å². The van der Waals surface area contributed by atoms with Gasteiger partial charge in [0.05, 0.1) is 30.6 Å². The van der Waals surface area contributed by atoms with Crippen molar-refractivity contribution in [3.05, 3.63) is 53.6 Å². The van der Waals surface area contributed by atoms with Crippen molar-refractivity contribution in [2.24, 2.45) is 0 Å². The number of aromatic nitrogens is 3. The highest BCUT2D eigenvalue weighted by molar-refractivity contribution is 6.29. The molecule has 3 rings (SSSR count). The highest BCUT2D eigenvalue weighted by atomic mass is 35.5. The van der Waals surface area contributed by atoms with Gasteiger partial charge in [0.25, 0.3) is 5.91 Å². The monoisotopic (exact) mass is 401 g/mol. The third-order valence-electron chi connectivity index (χ3n) is 4.47. The second kappa shape index (κ2) is 8.45. The van der Waals surface area contributed by atoms with E-state index in [-0.39, 0.29) is 34.8 Å². The third-order valence-corrected chi connectivity index (χ3v) is 4.66. The zero-order valence-electron chi connectivity index (χ0n) is 15.6. The van der Waals surface area contributed by atoms with Crippen molar-refractivity contribution < 1.29 is 14.3 Å². The van der Waals surface area contributed by atoms with E-state index in [0.29, 0.717) is 24.5 Å². The van der Waals surface area contributed by atoms with Gasteiger partial charge in [-0.25, -0.2) is 15.0 Å². The van der Waals surface area contributed by atoms with Crippen LogP contribution in [0.25, 0.3) is 11.4 Å². The fourth-order valence-electron chi connectivity index (χ4n) is 2.97. The molecule has 0 unspecified atom stereocenters. The highest BCUT2D eigenvalue weighted by Gasteiger charge is 2.30. The Morgan fingerprint density at radius 2 is 2.11 bits per heavy atom. The quantitative estimate of drug-likeness (QED) is 0.621. The van der Waals surface area contributed by atoms with Crippen molar-refractivity contribution in [2.75, 3.05) is 20.2 Å². The Hall–Kier alpha value is -2.84. The largest absolute Gasteiger partial charge is 0.370 e. The summed E-state index contributed by atoms with van der Waals surface area (Å²) in [6.07, 6.45) is 2.23. The van der Waals surface area contributed by atoms with Gasteiger partial charge in [0.15, 0.2) is 0 Å². The number of pyridine rings is 1. The number of carbonyl (C=O) groups excluding carboxylic acids is 2. The number of nitrogens with zero attached hydrogens (tertiary/aromatic N) is 4. The zero-order valence-corrected chi connectivity index (χ0v) is 16.3. The molecule has 0 saturated carbocycles. The van der Waals surface area contributed by atoms with Crippen molar-refractivity contribution in [1.82, 2.24) is 25.2 Å². The molecule has 146 valence electrons. The lowest BCUT2D eigenvalue weighted by molar-refractivity contribution is -0.139. The van der Waals surface area contributed by atoms with E-state index in [1.54, 1.807) is 23.1 Å². The van der Waals surface area contributed by atoms with Crippen LogP contribution in [0, 0.1) is 0 Å². The molecule has 9 heteroatoms. The lowest BCUT2D eigenvalue weighted by atomic mass is 10.0. The molecule has 0 aromatic carbocycles. The second-order valence-electron chi connectivity index (χ2n) is 6.34. The Labute approximate surface area is 167 Å². The summed E-state index contributed by atoms with van der Waals surface area (Å²) in [5, 5.41) is 2.78. The van der Waals surface area contributed by atoms with Crippen molar-refractivity contribution in [1.29, 1.82) is 0 Å². The Bertz CT molecular complexity index is 920. The summed E-state index contributed by atoms with van der Waals surface area (Å²) in [5.41, 5.74) is 1.93. The number of ether oxygens (including phenoxy) is 1.